The smallest absolute Gasteiger partial charge is 0.127 e. The molecule has 0 aliphatic rings. The van der Waals surface area contributed by atoms with Crippen LogP contribution in [-0.2, 0) is 6.54 Å². The molecule has 3 heteroatoms. The third-order valence-electron chi connectivity index (χ3n) is 2.39. The summed E-state index contributed by atoms with van der Waals surface area (Å²) in [6, 6.07) is 12.4. The Labute approximate surface area is 99.9 Å². The van der Waals surface area contributed by atoms with Crippen LogP contribution >= 0.6 is 11.3 Å². The second-order valence-electron chi connectivity index (χ2n) is 3.50. The Morgan fingerprint density at radius 3 is 2.75 bits per heavy atom. The fourth-order valence-corrected chi connectivity index (χ4v) is 2.69. The van der Waals surface area contributed by atoms with Gasteiger partial charge in [-0.05, 0) is 31.3 Å². The highest BCUT2D eigenvalue weighted by Crippen LogP contribution is 2.34. The number of rotatable bonds is 4. The molecule has 0 aliphatic carbocycles. The molecule has 2 aromatic rings. The predicted octanol–water partition coefficient (Wildman–Crippen LogP) is 3.14. The Morgan fingerprint density at radius 1 is 1.19 bits per heavy atom. The molecule has 0 saturated heterocycles. The minimum absolute atomic E-state index is 0.916. The zero-order valence-electron chi connectivity index (χ0n) is 9.49. The van der Waals surface area contributed by atoms with Crippen LogP contribution in [0, 0.1) is 0 Å². The van der Waals surface area contributed by atoms with E-state index in [1.54, 1.807) is 18.4 Å². The zero-order chi connectivity index (χ0) is 11.4. The molecule has 16 heavy (non-hydrogen) atoms. The summed E-state index contributed by atoms with van der Waals surface area (Å²) >= 11 is 1.80. The van der Waals surface area contributed by atoms with Gasteiger partial charge in [0.2, 0.25) is 0 Å². The molecule has 0 radical (unpaired) electrons. The molecular weight excluding hydrogens is 218 g/mol. The maximum Gasteiger partial charge on any atom is 0.127 e. The van der Waals surface area contributed by atoms with Gasteiger partial charge in [-0.25, -0.2) is 0 Å². The zero-order valence-corrected chi connectivity index (χ0v) is 10.3. The second kappa shape index (κ2) is 5.14. The van der Waals surface area contributed by atoms with E-state index < -0.39 is 0 Å². The van der Waals surface area contributed by atoms with E-state index in [1.165, 1.54) is 9.75 Å². The van der Waals surface area contributed by atoms with Gasteiger partial charge in [0, 0.05) is 21.9 Å². The number of methoxy groups -OCH3 is 1. The maximum absolute atomic E-state index is 5.36. The third kappa shape index (κ3) is 2.26. The molecule has 1 N–H and O–H groups in total. The average Bonchev–Trinajstić information content (AvgIpc) is 2.78. The van der Waals surface area contributed by atoms with Crippen LogP contribution in [0.2, 0.25) is 0 Å². The van der Waals surface area contributed by atoms with Crippen molar-refractivity contribution in [1.29, 1.82) is 0 Å². The highest BCUT2D eigenvalue weighted by molar-refractivity contribution is 7.15. The predicted molar refractivity (Wildman–Crippen MR) is 69.1 cm³/mol. The normalized spacial score (nSPS) is 10.4. The lowest BCUT2D eigenvalue weighted by atomic mass is 10.1. The Morgan fingerprint density at radius 2 is 2.00 bits per heavy atom. The number of hydrogen-bond donors (Lipinski definition) is 1. The molecule has 0 unspecified atom stereocenters. The molecule has 0 saturated carbocycles. The fraction of sp³-hybridized carbons (Fsp3) is 0.231. The van der Waals surface area contributed by atoms with Gasteiger partial charge in [-0.2, -0.15) is 0 Å². The molecule has 0 spiro atoms. The van der Waals surface area contributed by atoms with Crippen LogP contribution in [-0.4, -0.2) is 14.2 Å². The van der Waals surface area contributed by atoms with E-state index in [2.05, 4.69) is 23.5 Å². The summed E-state index contributed by atoms with van der Waals surface area (Å²) in [4.78, 5) is 2.59. The lowest BCUT2D eigenvalue weighted by molar-refractivity contribution is 0.416. The van der Waals surface area contributed by atoms with Crippen molar-refractivity contribution < 1.29 is 4.74 Å². The topological polar surface area (TPSA) is 21.3 Å². The van der Waals surface area contributed by atoms with Crippen LogP contribution < -0.4 is 10.1 Å². The van der Waals surface area contributed by atoms with Gasteiger partial charge >= 0.3 is 0 Å². The number of thiophene rings is 1. The van der Waals surface area contributed by atoms with Gasteiger partial charge in [0.25, 0.3) is 0 Å². The van der Waals surface area contributed by atoms with Crippen molar-refractivity contribution in [3.05, 3.63) is 41.3 Å². The Hall–Kier alpha value is -1.32. The third-order valence-corrected chi connectivity index (χ3v) is 3.50. The molecule has 0 fully saturated rings. The lowest BCUT2D eigenvalue weighted by Crippen LogP contribution is -2.02. The van der Waals surface area contributed by atoms with Crippen molar-refractivity contribution in [2.45, 2.75) is 6.54 Å². The quantitative estimate of drug-likeness (QED) is 0.876. The first-order valence-electron chi connectivity index (χ1n) is 5.22. The van der Waals surface area contributed by atoms with Gasteiger partial charge in [-0.15, -0.1) is 11.3 Å². The maximum atomic E-state index is 5.36. The van der Waals surface area contributed by atoms with Crippen molar-refractivity contribution in [2.75, 3.05) is 14.2 Å². The van der Waals surface area contributed by atoms with Gasteiger partial charge in [-0.3, -0.25) is 0 Å². The molecule has 2 rings (SSSR count). The van der Waals surface area contributed by atoms with Crippen LogP contribution in [0.25, 0.3) is 10.4 Å². The minimum Gasteiger partial charge on any atom is -0.496 e. The van der Waals surface area contributed by atoms with Crippen LogP contribution in [0.3, 0.4) is 0 Å². The van der Waals surface area contributed by atoms with E-state index in [0.717, 1.165) is 17.9 Å². The van der Waals surface area contributed by atoms with Crippen molar-refractivity contribution in [1.82, 2.24) is 5.32 Å². The molecule has 2 nitrogen and oxygen atoms in total. The lowest BCUT2D eigenvalue weighted by Gasteiger charge is -2.05. The highest BCUT2D eigenvalue weighted by atomic mass is 32.1. The first-order chi connectivity index (χ1) is 7.85. The number of benzene rings is 1. The van der Waals surface area contributed by atoms with Crippen LogP contribution in [0.1, 0.15) is 4.88 Å². The molecule has 1 aromatic heterocycles. The van der Waals surface area contributed by atoms with Crippen molar-refractivity contribution in [3.63, 3.8) is 0 Å². The standard InChI is InChI=1S/C13H15NOS/c1-14-9-10-7-8-13(16-10)11-5-3-4-6-12(11)15-2/h3-8,14H,9H2,1-2H3. The second-order valence-corrected chi connectivity index (χ2v) is 4.66. The van der Waals surface area contributed by atoms with Crippen LogP contribution in [0.15, 0.2) is 36.4 Å². The van der Waals surface area contributed by atoms with Crippen LogP contribution in [0.5, 0.6) is 5.75 Å². The molecule has 1 heterocycles. The number of ether oxygens (including phenoxy) is 1. The summed E-state index contributed by atoms with van der Waals surface area (Å²) in [5.41, 5.74) is 1.16. The van der Waals surface area contributed by atoms with Crippen molar-refractivity contribution >= 4 is 11.3 Å². The Balaban J connectivity index is 2.34. The van der Waals surface area contributed by atoms with Crippen molar-refractivity contribution in [2.24, 2.45) is 0 Å². The summed E-state index contributed by atoms with van der Waals surface area (Å²) in [6.45, 7) is 0.916. The van der Waals surface area contributed by atoms with E-state index in [-0.39, 0.29) is 0 Å². The van der Waals surface area contributed by atoms with Gasteiger partial charge in [-0.1, -0.05) is 12.1 Å². The monoisotopic (exact) mass is 233 g/mol. The van der Waals surface area contributed by atoms with Gasteiger partial charge in [0.1, 0.15) is 5.75 Å². The van der Waals surface area contributed by atoms with Crippen molar-refractivity contribution in [3.8, 4) is 16.2 Å². The largest absolute Gasteiger partial charge is 0.496 e. The van der Waals surface area contributed by atoms with E-state index in [4.69, 9.17) is 4.74 Å². The van der Waals surface area contributed by atoms with E-state index in [1.807, 2.05) is 25.2 Å². The molecule has 84 valence electrons. The molecule has 0 amide bonds. The van der Waals surface area contributed by atoms with E-state index in [9.17, 15) is 0 Å². The van der Waals surface area contributed by atoms with Gasteiger partial charge in [0.15, 0.2) is 0 Å². The molecule has 0 bridgehead atoms. The number of hydrogen-bond acceptors (Lipinski definition) is 3. The first-order valence-corrected chi connectivity index (χ1v) is 6.03. The van der Waals surface area contributed by atoms with E-state index in [0.29, 0.717) is 0 Å². The number of para-hydroxylation sites is 1. The van der Waals surface area contributed by atoms with E-state index >= 15 is 0 Å². The SMILES string of the molecule is CNCc1ccc(-c2ccccc2OC)s1. The molecular formula is C13H15NOS. The summed E-state index contributed by atoms with van der Waals surface area (Å²) in [6.07, 6.45) is 0. The first kappa shape index (κ1) is 11.2. The summed E-state index contributed by atoms with van der Waals surface area (Å²) < 4.78 is 5.36. The van der Waals surface area contributed by atoms with Gasteiger partial charge in [0.05, 0.1) is 7.11 Å². The Bertz CT molecular complexity index is 464. The average molecular weight is 233 g/mol. The Kier molecular flexibility index (Phi) is 3.59. The molecule has 0 atom stereocenters. The molecule has 1 aromatic carbocycles. The summed E-state index contributed by atoms with van der Waals surface area (Å²) in [5.74, 6) is 0.931. The minimum atomic E-state index is 0.916. The van der Waals surface area contributed by atoms with Crippen LogP contribution in [0.4, 0.5) is 0 Å². The highest BCUT2D eigenvalue weighted by Gasteiger charge is 2.07. The number of nitrogens with one attached hydrogen (secondary N) is 1. The molecule has 0 aliphatic heterocycles. The van der Waals surface area contributed by atoms with Gasteiger partial charge < -0.3 is 10.1 Å². The summed E-state index contributed by atoms with van der Waals surface area (Å²) in [7, 11) is 3.67. The fourth-order valence-electron chi connectivity index (χ4n) is 1.64. The summed E-state index contributed by atoms with van der Waals surface area (Å²) in [5, 5.41) is 3.16.